The Morgan fingerprint density at radius 3 is 2.53 bits per heavy atom. The first-order valence-corrected chi connectivity index (χ1v) is 5.71. The first kappa shape index (κ1) is 11.3. The predicted octanol–water partition coefficient (Wildman–Crippen LogP) is 0.215. The van der Waals surface area contributed by atoms with Crippen molar-refractivity contribution < 1.29 is 9.47 Å². The Kier molecular flexibility index (Phi) is 3.03. The molecule has 2 heterocycles. The quantitative estimate of drug-likeness (QED) is 0.714. The second kappa shape index (κ2) is 4.01. The minimum absolute atomic E-state index is 0.104. The summed E-state index contributed by atoms with van der Waals surface area (Å²) in [4.78, 5) is 2.44. The number of hydrogen-bond donors (Lipinski definition) is 1. The Morgan fingerprint density at radius 1 is 1.20 bits per heavy atom. The van der Waals surface area contributed by atoms with Crippen LogP contribution in [0.5, 0.6) is 0 Å². The van der Waals surface area contributed by atoms with Crippen LogP contribution in [0.4, 0.5) is 0 Å². The summed E-state index contributed by atoms with van der Waals surface area (Å²) >= 11 is 0. The lowest BCUT2D eigenvalue weighted by atomic mass is 9.94. The van der Waals surface area contributed by atoms with Gasteiger partial charge in [-0.15, -0.1) is 0 Å². The van der Waals surface area contributed by atoms with E-state index in [1.54, 1.807) is 0 Å². The van der Waals surface area contributed by atoms with E-state index in [0.29, 0.717) is 6.61 Å². The highest BCUT2D eigenvalue weighted by atomic mass is 16.5. The summed E-state index contributed by atoms with van der Waals surface area (Å²) in [5.74, 6) is 0. The molecule has 4 nitrogen and oxygen atoms in total. The third kappa shape index (κ3) is 2.50. The molecule has 0 spiro atoms. The first-order chi connectivity index (χ1) is 7.02. The van der Waals surface area contributed by atoms with Crippen molar-refractivity contribution >= 4 is 0 Å². The summed E-state index contributed by atoms with van der Waals surface area (Å²) in [6.45, 7) is 9.44. The fraction of sp³-hybridized carbons (Fsp3) is 1.00. The molecule has 4 heteroatoms. The van der Waals surface area contributed by atoms with E-state index < -0.39 is 0 Å². The van der Waals surface area contributed by atoms with Gasteiger partial charge < -0.3 is 15.2 Å². The van der Waals surface area contributed by atoms with E-state index in [4.69, 9.17) is 15.2 Å². The third-order valence-corrected chi connectivity index (χ3v) is 3.46. The molecule has 0 bridgehead atoms. The van der Waals surface area contributed by atoms with Crippen LogP contribution in [0.25, 0.3) is 0 Å². The molecule has 88 valence electrons. The molecule has 1 atom stereocenters. The monoisotopic (exact) mass is 214 g/mol. The molecule has 0 aromatic carbocycles. The number of morpholine rings is 1. The minimum atomic E-state index is -0.144. The van der Waals surface area contributed by atoms with E-state index in [2.05, 4.69) is 18.7 Å². The van der Waals surface area contributed by atoms with Crippen molar-refractivity contribution in [2.45, 2.75) is 31.3 Å². The number of rotatable bonds is 2. The zero-order valence-corrected chi connectivity index (χ0v) is 9.79. The molecule has 0 aromatic rings. The summed E-state index contributed by atoms with van der Waals surface area (Å²) in [7, 11) is 0. The summed E-state index contributed by atoms with van der Waals surface area (Å²) in [6.07, 6.45) is 0.973. The zero-order valence-electron chi connectivity index (χ0n) is 9.79. The van der Waals surface area contributed by atoms with Crippen LogP contribution in [0, 0.1) is 0 Å². The molecule has 2 N–H and O–H groups in total. The van der Waals surface area contributed by atoms with E-state index >= 15 is 0 Å². The molecular formula is C11H22N2O2. The van der Waals surface area contributed by atoms with E-state index in [-0.39, 0.29) is 11.1 Å². The normalized spacial score (nSPS) is 37.0. The van der Waals surface area contributed by atoms with Crippen molar-refractivity contribution in [3.8, 4) is 0 Å². The third-order valence-electron chi connectivity index (χ3n) is 3.46. The van der Waals surface area contributed by atoms with Gasteiger partial charge in [-0.05, 0) is 20.3 Å². The SMILES string of the molecule is CC1(C)COCCN1CC1(N)CCOC1. The smallest absolute Gasteiger partial charge is 0.0659 e. The molecular weight excluding hydrogens is 192 g/mol. The number of nitrogens with two attached hydrogens (primary N) is 1. The van der Waals surface area contributed by atoms with E-state index in [0.717, 1.165) is 39.3 Å². The average Bonchev–Trinajstić information content (AvgIpc) is 2.56. The van der Waals surface area contributed by atoms with Crippen molar-refractivity contribution in [1.29, 1.82) is 0 Å². The molecule has 2 rings (SSSR count). The average molecular weight is 214 g/mol. The molecule has 0 aliphatic carbocycles. The van der Waals surface area contributed by atoms with E-state index in [9.17, 15) is 0 Å². The molecule has 2 aliphatic heterocycles. The van der Waals surface area contributed by atoms with Crippen molar-refractivity contribution in [2.24, 2.45) is 5.73 Å². The number of ether oxygens (including phenoxy) is 2. The number of hydrogen-bond acceptors (Lipinski definition) is 4. The lowest BCUT2D eigenvalue weighted by molar-refractivity contribution is -0.0598. The van der Waals surface area contributed by atoms with E-state index in [1.807, 2.05) is 0 Å². The van der Waals surface area contributed by atoms with Gasteiger partial charge in [-0.3, -0.25) is 4.90 Å². The Morgan fingerprint density at radius 2 is 1.93 bits per heavy atom. The van der Waals surface area contributed by atoms with Crippen LogP contribution in [0.3, 0.4) is 0 Å². The summed E-state index contributed by atoms with van der Waals surface area (Å²) in [5.41, 5.74) is 6.26. The second-order valence-corrected chi connectivity index (χ2v) is 5.45. The Balaban J connectivity index is 1.97. The Bertz CT molecular complexity index is 225. The summed E-state index contributed by atoms with van der Waals surface area (Å²) < 4.78 is 10.9. The Labute approximate surface area is 91.7 Å². The van der Waals surface area contributed by atoms with Crippen molar-refractivity contribution in [1.82, 2.24) is 4.90 Å². The van der Waals surface area contributed by atoms with Crippen LogP contribution in [0.15, 0.2) is 0 Å². The molecule has 1 unspecified atom stereocenters. The highest BCUT2D eigenvalue weighted by Crippen LogP contribution is 2.24. The molecule has 15 heavy (non-hydrogen) atoms. The fourth-order valence-electron chi connectivity index (χ4n) is 2.31. The lowest BCUT2D eigenvalue weighted by Crippen LogP contribution is -2.60. The molecule has 0 saturated carbocycles. The maximum absolute atomic E-state index is 6.30. The van der Waals surface area contributed by atoms with Gasteiger partial charge in [0.15, 0.2) is 0 Å². The van der Waals surface area contributed by atoms with Crippen LogP contribution in [-0.2, 0) is 9.47 Å². The van der Waals surface area contributed by atoms with Crippen LogP contribution in [0.2, 0.25) is 0 Å². The van der Waals surface area contributed by atoms with Crippen LogP contribution >= 0.6 is 0 Å². The molecule has 0 amide bonds. The zero-order chi connectivity index (χ0) is 10.9. The van der Waals surface area contributed by atoms with Gasteiger partial charge in [0.05, 0.1) is 25.4 Å². The minimum Gasteiger partial charge on any atom is -0.379 e. The van der Waals surface area contributed by atoms with Crippen molar-refractivity contribution in [2.75, 3.05) is 39.5 Å². The summed E-state index contributed by atoms with van der Waals surface area (Å²) in [5, 5.41) is 0. The summed E-state index contributed by atoms with van der Waals surface area (Å²) in [6, 6.07) is 0. The standard InChI is InChI=1S/C11H22N2O2/c1-10(2)8-15-6-4-13(10)7-11(12)3-5-14-9-11/h3-9,12H2,1-2H3. The molecule has 2 aliphatic rings. The van der Waals surface area contributed by atoms with Crippen molar-refractivity contribution in [3.05, 3.63) is 0 Å². The molecule has 2 saturated heterocycles. The van der Waals surface area contributed by atoms with Crippen LogP contribution in [-0.4, -0.2) is 55.5 Å². The van der Waals surface area contributed by atoms with Gasteiger partial charge in [0.2, 0.25) is 0 Å². The first-order valence-electron chi connectivity index (χ1n) is 5.71. The fourth-order valence-corrected chi connectivity index (χ4v) is 2.31. The van der Waals surface area contributed by atoms with Gasteiger partial charge in [-0.2, -0.15) is 0 Å². The number of nitrogens with zero attached hydrogens (tertiary/aromatic N) is 1. The van der Waals surface area contributed by atoms with Gasteiger partial charge in [0.25, 0.3) is 0 Å². The van der Waals surface area contributed by atoms with Gasteiger partial charge in [0, 0.05) is 25.2 Å². The largest absolute Gasteiger partial charge is 0.379 e. The lowest BCUT2D eigenvalue weighted by Gasteiger charge is -2.45. The van der Waals surface area contributed by atoms with Crippen LogP contribution < -0.4 is 5.73 Å². The van der Waals surface area contributed by atoms with Gasteiger partial charge in [-0.25, -0.2) is 0 Å². The van der Waals surface area contributed by atoms with Gasteiger partial charge >= 0.3 is 0 Å². The molecule has 0 radical (unpaired) electrons. The highest BCUT2D eigenvalue weighted by Gasteiger charge is 2.38. The topological polar surface area (TPSA) is 47.7 Å². The highest BCUT2D eigenvalue weighted by molar-refractivity contribution is 4.95. The predicted molar refractivity (Wildman–Crippen MR) is 58.8 cm³/mol. The van der Waals surface area contributed by atoms with Gasteiger partial charge in [0.1, 0.15) is 0 Å². The maximum atomic E-state index is 6.30. The second-order valence-electron chi connectivity index (χ2n) is 5.45. The van der Waals surface area contributed by atoms with Gasteiger partial charge in [-0.1, -0.05) is 0 Å². The van der Waals surface area contributed by atoms with Crippen molar-refractivity contribution in [3.63, 3.8) is 0 Å². The molecule has 0 aromatic heterocycles. The van der Waals surface area contributed by atoms with E-state index in [1.165, 1.54) is 0 Å². The molecule has 2 fully saturated rings. The van der Waals surface area contributed by atoms with Crippen LogP contribution in [0.1, 0.15) is 20.3 Å². The maximum Gasteiger partial charge on any atom is 0.0659 e. The Hall–Kier alpha value is -0.160.